The van der Waals surface area contributed by atoms with Gasteiger partial charge in [-0.3, -0.25) is 4.68 Å². The van der Waals surface area contributed by atoms with Gasteiger partial charge in [0.25, 0.3) is 0 Å². The third kappa shape index (κ3) is 3.11. The fourth-order valence-electron chi connectivity index (χ4n) is 1.88. The van der Waals surface area contributed by atoms with E-state index in [0.29, 0.717) is 0 Å². The molecule has 1 aromatic carbocycles. The van der Waals surface area contributed by atoms with Crippen molar-refractivity contribution in [3.05, 3.63) is 47.8 Å². The monoisotopic (exact) mass is 245 g/mol. The Morgan fingerprint density at radius 3 is 2.94 bits per heavy atom. The summed E-state index contributed by atoms with van der Waals surface area (Å²) in [6, 6.07) is 7.78. The molecule has 0 aliphatic carbocycles. The van der Waals surface area contributed by atoms with E-state index in [4.69, 9.17) is 0 Å². The molecular weight excluding hydrogens is 226 g/mol. The van der Waals surface area contributed by atoms with E-state index in [1.165, 1.54) is 0 Å². The number of aliphatic hydroxyl groups excluding tert-OH is 1. The Morgan fingerprint density at radius 2 is 2.17 bits per heavy atom. The Hall–Kier alpha value is -1.81. The normalized spacial score (nSPS) is 10.6. The van der Waals surface area contributed by atoms with Crippen molar-refractivity contribution >= 4 is 5.69 Å². The molecule has 0 saturated heterocycles. The maximum atomic E-state index is 9.23. The largest absolute Gasteiger partial charge is 0.392 e. The molecule has 0 fully saturated rings. The first-order chi connectivity index (χ1) is 8.83. The zero-order chi connectivity index (χ0) is 12.8. The smallest absolute Gasteiger partial charge is 0.0701 e. The number of aryl methyl sites for hydroxylation is 1. The number of hydrogen-bond donors (Lipinski definition) is 2. The van der Waals surface area contributed by atoms with Gasteiger partial charge in [0.1, 0.15) is 0 Å². The van der Waals surface area contributed by atoms with Gasteiger partial charge in [0.2, 0.25) is 0 Å². The van der Waals surface area contributed by atoms with E-state index >= 15 is 0 Å². The van der Waals surface area contributed by atoms with Crippen LogP contribution in [0.25, 0.3) is 0 Å². The van der Waals surface area contributed by atoms with E-state index < -0.39 is 0 Å². The lowest BCUT2D eigenvalue weighted by molar-refractivity contribution is 0.282. The van der Waals surface area contributed by atoms with Crippen molar-refractivity contribution in [2.24, 2.45) is 0 Å². The minimum atomic E-state index is 0.0538. The average molecular weight is 245 g/mol. The van der Waals surface area contributed by atoms with E-state index in [1.54, 1.807) is 0 Å². The number of anilines is 1. The van der Waals surface area contributed by atoms with Crippen LogP contribution in [-0.4, -0.2) is 14.9 Å². The molecular formula is C14H19N3O. The lowest BCUT2D eigenvalue weighted by Gasteiger charge is -2.09. The van der Waals surface area contributed by atoms with Crippen LogP contribution in [0.2, 0.25) is 0 Å². The van der Waals surface area contributed by atoms with Gasteiger partial charge >= 0.3 is 0 Å². The van der Waals surface area contributed by atoms with Crippen molar-refractivity contribution in [1.29, 1.82) is 0 Å². The van der Waals surface area contributed by atoms with E-state index in [-0.39, 0.29) is 6.61 Å². The fraction of sp³-hybridized carbons (Fsp3) is 0.357. The summed E-state index contributed by atoms with van der Waals surface area (Å²) in [6.07, 6.45) is 5.02. The highest BCUT2D eigenvalue weighted by Crippen LogP contribution is 2.15. The van der Waals surface area contributed by atoms with Gasteiger partial charge in [0.05, 0.1) is 12.8 Å². The first-order valence-electron chi connectivity index (χ1n) is 6.27. The van der Waals surface area contributed by atoms with Crippen molar-refractivity contribution in [2.45, 2.75) is 33.0 Å². The van der Waals surface area contributed by atoms with Crippen molar-refractivity contribution in [3.63, 3.8) is 0 Å². The van der Waals surface area contributed by atoms with Gasteiger partial charge < -0.3 is 10.4 Å². The first kappa shape index (κ1) is 12.6. The molecule has 2 N–H and O–H groups in total. The SMILES string of the molecule is CCCn1cc(CNc2ccccc2CO)cn1. The lowest BCUT2D eigenvalue weighted by atomic mass is 10.2. The van der Waals surface area contributed by atoms with Gasteiger partial charge in [-0.1, -0.05) is 25.1 Å². The predicted octanol–water partition coefficient (Wildman–Crippen LogP) is 2.40. The van der Waals surface area contributed by atoms with Crippen molar-refractivity contribution < 1.29 is 5.11 Å². The van der Waals surface area contributed by atoms with E-state index in [9.17, 15) is 5.11 Å². The Morgan fingerprint density at radius 1 is 1.33 bits per heavy atom. The van der Waals surface area contributed by atoms with Crippen molar-refractivity contribution in [1.82, 2.24) is 9.78 Å². The molecule has 96 valence electrons. The molecule has 0 amide bonds. The standard InChI is InChI=1S/C14H19N3O/c1-2-7-17-10-12(9-16-17)8-15-14-6-4-3-5-13(14)11-18/h3-6,9-10,15,18H,2,7-8,11H2,1H3. The summed E-state index contributed by atoms with van der Waals surface area (Å²) in [5.41, 5.74) is 3.04. The molecule has 2 aromatic rings. The van der Waals surface area contributed by atoms with Crippen LogP contribution in [0.15, 0.2) is 36.7 Å². The summed E-state index contributed by atoms with van der Waals surface area (Å²) >= 11 is 0. The quantitative estimate of drug-likeness (QED) is 0.821. The molecule has 1 aromatic heterocycles. The third-order valence-electron chi connectivity index (χ3n) is 2.81. The average Bonchev–Trinajstić information content (AvgIpc) is 2.85. The van der Waals surface area contributed by atoms with Gasteiger partial charge in [-0.2, -0.15) is 5.10 Å². The molecule has 0 radical (unpaired) electrons. The van der Waals surface area contributed by atoms with Crippen LogP contribution in [0.3, 0.4) is 0 Å². The second-order valence-corrected chi connectivity index (χ2v) is 4.28. The van der Waals surface area contributed by atoms with Crippen LogP contribution in [-0.2, 0) is 19.7 Å². The summed E-state index contributed by atoms with van der Waals surface area (Å²) < 4.78 is 1.95. The zero-order valence-corrected chi connectivity index (χ0v) is 10.6. The predicted molar refractivity (Wildman–Crippen MR) is 72.2 cm³/mol. The summed E-state index contributed by atoms with van der Waals surface area (Å²) in [4.78, 5) is 0. The maximum absolute atomic E-state index is 9.23. The molecule has 4 heteroatoms. The highest BCUT2D eigenvalue weighted by atomic mass is 16.3. The molecule has 0 spiro atoms. The Bertz CT molecular complexity index is 493. The van der Waals surface area contributed by atoms with Crippen LogP contribution in [0.5, 0.6) is 0 Å². The zero-order valence-electron chi connectivity index (χ0n) is 10.6. The van der Waals surface area contributed by atoms with Crippen molar-refractivity contribution in [2.75, 3.05) is 5.32 Å². The molecule has 0 unspecified atom stereocenters. The van der Waals surface area contributed by atoms with Gasteiger partial charge in [0.15, 0.2) is 0 Å². The van der Waals surface area contributed by atoms with Crippen molar-refractivity contribution in [3.8, 4) is 0 Å². The number of aliphatic hydroxyl groups is 1. The highest BCUT2D eigenvalue weighted by Gasteiger charge is 2.01. The first-order valence-corrected chi connectivity index (χ1v) is 6.27. The third-order valence-corrected chi connectivity index (χ3v) is 2.81. The topological polar surface area (TPSA) is 50.1 Å². The summed E-state index contributed by atoms with van der Waals surface area (Å²) in [6.45, 7) is 3.86. The number of rotatable bonds is 6. The van der Waals surface area contributed by atoms with Gasteiger partial charge in [-0.15, -0.1) is 0 Å². The molecule has 4 nitrogen and oxygen atoms in total. The van der Waals surface area contributed by atoms with Gasteiger partial charge in [0, 0.05) is 36.1 Å². The van der Waals surface area contributed by atoms with E-state index in [2.05, 4.69) is 23.5 Å². The minimum Gasteiger partial charge on any atom is -0.392 e. The Balaban J connectivity index is 1.97. The lowest BCUT2D eigenvalue weighted by Crippen LogP contribution is -2.02. The Kier molecular flexibility index (Phi) is 4.36. The number of benzene rings is 1. The van der Waals surface area contributed by atoms with Crippen LogP contribution < -0.4 is 5.32 Å². The van der Waals surface area contributed by atoms with Crippen LogP contribution >= 0.6 is 0 Å². The fourth-order valence-corrected chi connectivity index (χ4v) is 1.88. The van der Waals surface area contributed by atoms with Crippen LogP contribution in [0.4, 0.5) is 5.69 Å². The molecule has 0 aliphatic heterocycles. The second-order valence-electron chi connectivity index (χ2n) is 4.28. The molecule has 2 rings (SSSR count). The van der Waals surface area contributed by atoms with Gasteiger partial charge in [-0.25, -0.2) is 0 Å². The molecule has 0 atom stereocenters. The van der Waals surface area contributed by atoms with Crippen LogP contribution in [0.1, 0.15) is 24.5 Å². The molecule has 0 aliphatic rings. The number of nitrogens with zero attached hydrogens (tertiary/aromatic N) is 2. The van der Waals surface area contributed by atoms with E-state index in [1.807, 2.05) is 35.1 Å². The van der Waals surface area contributed by atoms with Gasteiger partial charge in [-0.05, 0) is 12.5 Å². The second kappa shape index (κ2) is 6.21. The number of nitrogens with one attached hydrogen (secondary N) is 1. The maximum Gasteiger partial charge on any atom is 0.0701 e. The highest BCUT2D eigenvalue weighted by molar-refractivity contribution is 5.50. The number of hydrogen-bond acceptors (Lipinski definition) is 3. The summed E-state index contributed by atoms with van der Waals surface area (Å²) in [5.74, 6) is 0. The number of para-hydroxylation sites is 1. The molecule has 1 heterocycles. The van der Waals surface area contributed by atoms with Crippen LogP contribution in [0, 0.1) is 0 Å². The summed E-state index contributed by atoms with van der Waals surface area (Å²) in [5, 5.41) is 16.8. The Labute approximate surface area is 107 Å². The summed E-state index contributed by atoms with van der Waals surface area (Å²) in [7, 11) is 0. The molecule has 0 saturated carbocycles. The van der Waals surface area contributed by atoms with E-state index in [0.717, 1.165) is 36.3 Å². The molecule has 0 bridgehead atoms. The molecule has 18 heavy (non-hydrogen) atoms. The minimum absolute atomic E-state index is 0.0538. The number of aromatic nitrogens is 2.